The van der Waals surface area contributed by atoms with Gasteiger partial charge < -0.3 is 15.8 Å². The van der Waals surface area contributed by atoms with Crippen molar-refractivity contribution in [2.24, 2.45) is 20.7 Å². The van der Waals surface area contributed by atoms with Gasteiger partial charge in [-0.3, -0.25) is 9.69 Å². The number of hydrogen-bond acceptors (Lipinski definition) is 5. The van der Waals surface area contributed by atoms with E-state index in [1.54, 1.807) is 4.90 Å². The first-order chi connectivity index (χ1) is 21.9. The summed E-state index contributed by atoms with van der Waals surface area (Å²) < 4.78 is 40.7. The zero-order chi connectivity index (χ0) is 33.3. The molecule has 9 nitrogen and oxygen atoms in total. The Morgan fingerprint density at radius 1 is 1.11 bits per heavy atom. The molecule has 1 aliphatic rings. The predicted molar refractivity (Wildman–Crippen MR) is 177 cm³/mol. The number of hydrogen-bond donors (Lipinski definition) is 2. The van der Waals surface area contributed by atoms with E-state index < -0.39 is 12.4 Å². The summed E-state index contributed by atoms with van der Waals surface area (Å²) in [6.07, 6.45) is -0.436. The Morgan fingerprint density at radius 2 is 1.83 bits per heavy atom. The molecule has 46 heavy (non-hydrogen) atoms. The number of benzene rings is 3. The van der Waals surface area contributed by atoms with Crippen LogP contribution >= 0.6 is 11.8 Å². The highest BCUT2D eigenvalue weighted by atomic mass is 32.2. The molecule has 3 aromatic carbocycles. The van der Waals surface area contributed by atoms with Crippen LogP contribution in [-0.4, -0.2) is 47.4 Å². The van der Waals surface area contributed by atoms with Crippen LogP contribution in [0.5, 0.6) is 5.75 Å². The lowest BCUT2D eigenvalue weighted by molar-refractivity contribution is -0.274. The van der Waals surface area contributed by atoms with Gasteiger partial charge in [0.05, 0.1) is 17.1 Å². The van der Waals surface area contributed by atoms with Crippen molar-refractivity contribution in [2.75, 3.05) is 10.7 Å². The van der Waals surface area contributed by atoms with Crippen molar-refractivity contribution in [3.05, 3.63) is 89.0 Å². The van der Waals surface area contributed by atoms with E-state index in [-0.39, 0.29) is 29.3 Å². The SMILES string of the molecule is CCCc1ccc(C)cc1N1C(=O)CS/C1=N\C(=O)NC(C)CCc1ccc(C(N)=NC=Nc2ccc(OC(F)(F)F)cc2)cc1. The number of rotatable bonds is 11. The summed E-state index contributed by atoms with van der Waals surface area (Å²) in [5, 5.41) is 3.29. The molecule has 0 bridgehead atoms. The van der Waals surface area contributed by atoms with Crippen molar-refractivity contribution >= 4 is 52.4 Å². The average molecular weight is 653 g/mol. The smallest absolute Gasteiger partial charge is 0.406 e. The second-order valence-electron chi connectivity index (χ2n) is 10.7. The minimum absolute atomic E-state index is 0.0953. The number of halogens is 3. The fourth-order valence-corrected chi connectivity index (χ4v) is 5.50. The first-order valence-corrected chi connectivity index (χ1v) is 15.7. The number of thioether (sulfide) groups is 1. The molecule has 1 aliphatic heterocycles. The third-order valence-electron chi connectivity index (χ3n) is 6.92. The molecule has 3 amide bonds. The van der Waals surface area contributed by atoms with Crippen molar-refractivity contribution in [1.29, 1.82) is 0 Å². The molecule has 4 rings (SSSR count). The largest absolute Gasteiger partial charge is 0.573 e. The van der Waals surface area contributed by atoms with E-state index in [0.717, 1.165) is 47.4 Å². The van der Waals surface area contributed by atoms with Gasteiger partial charge in [0, 0.05) is 11.6 Å². The monoisotopic (exact) mass is 652 g/mol. The standard InChI is InChI=1S/C33H35F3N6O3S/c1-4-5-24-11-6-21(2)18-28(24)42-29(43)19-46-32(42)41-31(44)40-22(3)7-8-23-9-12-25(13-10-23)30(37)39-20-38-26-14-16-27(17-15-26)45-33(34,35)36/h6,9-18,20,22H,4-5,7-8,19H2,1-3H3,(H,40,44)(H2,37,38,39)/b41-32-. The Labute approximate surface area is 269 Å². The minimum atomic E-state index is -4.76. The summed E-state index contributed by atoms with van der Waals surface area (Å²) in [7, 11) is 0. The Kier molecular flexibility index (Phi) is 11.6. The molecule has 1 atom stereocenters. The number of nitrogens with two attached hydrogens (primary N) is 1. The molecule has 1 heterocycles. The highest BCUT2D eigenvalue weighted by Crippen LogP contribution is 2.31. The Morgan fingerprint density at radius 3 is 2.50 bits per heavy atom. The molecule has 13 heteroatoms. The van der Waals surface area contributed by atoms with Crippen LogP contribution in [0.3, 0.4) is 0 Å². The van der Waals surface area contributed by atoms with Crippen molar-refractivity contribution in [1.82, 2.24) is 5.32 Å². The van der Waals surface area contributed by atoms with Gasteiger partial charge >= 0.3 is 12.4 Å². The van der Waals surface area contributed by atoms with Crippen molar-refractivity contribution in [3.63, 3.8) is 0 Å². The first kappa shape index (κ1) is 34.2. The van der Waals surface area contributed by atoms with Crippen LogP contribution in [0.1, 0.15) is 48.9 Å². The number of aliphatic imine (C=N–C) groups is 3. The molecular weight excluding hydrogens is 617 g/mol. The number of amidine groups is 2. The van der Waals surface area contributed by atoms with E-state index in [1.807, 2.05) is 56.3 Å². The van der Waals surface area contributed by atoms with Crippen LogP contribution in [0.4, 0.5) is 29.3 Å². The molecule has 3 aromatic rings. The molecular formula is C33H35F3N6O3S. The van der Waals surface area contributed by atoms with E-state index >= 15 is 0 Å². The number of aryl methyl sites for hydroxylation is 3. The van der Waals surface area contributed by atoms with E-state index in [1.165, 1.54) is 30.2 Å². The Balaban J connectivity index is 1.29. The van der Waals surface area contributed by atoms with Crippen LogP contribution in [0.15, 0.2) is 81.7 Å². The number of nitrogens with one attached hydrogen (secondary N) is 1. The second kappa shape index (κ2) is 15.6. The zero-order valence-electron chi connectivity index (χ0n) is 25.7. The topological polar surface area (TPSA) is 122 Å². The molecule has 0 aromatic heterocycles. The van der Waals surface area contributed by atoms with E-state index in [4.69, 9.17) is 5.73 Å². The van der Waals surface area contributed by atoms with Crippen molar-refractivity contribution in [3.8, 4) is 5.75 Å². The average Bonchev–Trinajstić information content (AvgIpc) is 3.36. The lowest BCUT2D eigenvalue weighted by Gasteiger charge is -2.20. The summed E-state index contributed by atoms with van der Waals surface area (Å²) in [5.41, 5.74) is 11.0. The van der Waals surface area contributed by atoms with Gasteiger partial charge in [-0.05, 0) is 80.1 Å². The number of alkyl halides is 3. The van der Waals surface area contributed by atoms with Gasteiger partial charge in [-0.25, -0.2) is 14.8 Å². The summed E-state index contributed by atoms with van der Waals surface area (Å²) >= 11 is 1.26. The summed E-state index contributed by atoms with van der Waals surface area (Å²) in [4.78, 5) is 39.6. The molecule has 0 aliphatic carbocycles. The lowest BCUT2D eigenvalue weighted by atomic mass is 10.0. The molecule has 3 N–H and O–H groups in total. The third-order valence-corrected chi connectivity index (χ3v) is 7.85. The Hall–Kier alpha value is -4.65. The quantitative estimate of drug-likeness (QED) is 0.169. The number of urea groups is 1. The van der Waals surface area contributed by atoms with Crippen LogP contribution in [0.2, 0.25) is 0 Å². The summed E-state index contributed by atoms with van der Waals surface area (Å²) in [6.45, 7) is 5.95. The normalized spacial score (nSPS) is 15.5. The van der Waals surface area contributed by atoms with Gasteiger partial charge in [0.1, 0.15) is 17.9 Å². The fourth-order valence-electron chi connectivity index (χ4n) is 4.64. The van der Waals surface area contributed by atoms with Gasteiger partial charge in [-0.15, -0.1) is 13.2 Å². The maximum absolute atomic E-state index is 12.8. The Bertz CT molecular complexity index is 1620. The molecule has 242 valence electrons. The zero-order valence-corrected chi connectivity index (χ0v) is 26.5. The molecule has 1 unspecified atom stereocenters. The number of amides is 3. The van der Waals surface area contributed by atoms with Crippen LogP contribution in [-0.2, 0) is 17.6 Å². The van der Waals surface area contributed by atoms with Gasteiger partial charge in [0.2, 0.25) is 5.91 Å². The fraction of sp³-hybridized carbons (Fsp3) is 0.303. The number of nitrogens with zero attached hydrogens (tertiary/aromatic N) is 4. The highest BCUT2D eigenvalue weighted by Gasteiger charge is 2.32. The number of ether oxygens (including phenoxy) is 1. The highest BCUT2D eigenvalue weighted by molar-refractivity contribution is 8.15. The summed E-state index contributed by atoms with van der Waals surface area (Å²) in [5.74, 6) is 0.0168. The second-order valence-corrected chi connectivity index (χ2v) is 11.6. The van der Waals surface area contributed by atoms with Gasteiger partial charge in [-0.1, -0.05) is 61.5 Å². The number of carbonyl (C=O) groups is 2. The van der Waals surface area contributed by atoms with Crippen LogP contribution < -0.4 is 20.7 Å². The first-order valence-electron chi connectivity index (χ1n) is 14.7. The third kappa shape index (κ3) is 9.93. The van der Waals surface area contributed by atoms with E-state index in [9.17, 15) is 22.8 Å². The van der Waals surface area contributed by atoms with Crippen molar-refractivity contribution in [2.45, 2.75) is 58.9 Å². The number of carbonyl (C=O) groups excluding carboxylic acids is 2. The van der Waals surface area contributed by atoms with Crippen molar-refractivity contribution < 1.29 is 27.5 Å². The van der Waals surface area contributed by atoms with E-state index in [2.05, 4.69) is 32.0 Å². The molecule has 1 fully saturated rings. The van der Waals surface area contributed by atoms with E-state index in [0.29, 0.717) is 29.3 Å². The molecule has 0 spiro atoms. The maximum Gasteiger partial charge on any atom is 0.573 e. The van der Waals surface area contributed by atoms with Crippen LogP contribution in [0, 0.1) is 6.92 Å². The van der Waals surface area contributed by atoms with Gasteiger partial charge in [0.15, 0.2) is 5.17 Å². The number of anilines is 1. The molecule has 0 saturated carbocycles. The molecule has 0 radical (unpaired) electrons. The van der Waals surface area contributed by atoms with Gasteiger partial charge in [0.25, 0.3) is 0 Å². The summed E-state index contributed by atoms with van der Waals surface area (Å²) in [6, 6.07) is 17.9. The minimum Gasteiger partial charge on any atom is -0.406 e. The lowest BCUT2D eigenvalue weighted by Crippen LogP contribution is -2.34. The maximum atomic E-state index is 12.8. The molecule has 1 saturated heterocycles. The van der Waals surface area contributed by atoms with Crippen LogP contribution in [0.25, 0.3) is 0 Å². The predicted octanol–water partition coefficient (Wildman–Crippen LogP) is 7.08. The van der Waals surface area contributed by atoms with Gasteiger partial charge in [-0.2, -0.15) is 4.99 Å².